The maximum Gasteiger partial charge on any atom is 0.0870 e. The Morgan fingerprint density at radius 3 is 1.58 bits per heavy atom. The van der Waals surface area contributed by atoms with Crippen LogP contribution in [0.3, 0.4) is 0 Å². The van der Waals surface area contributed by atoms with Crippen molar-refractivity contribution in [1.82, 2.24) is 0 Å². The van der Waals surface area contributed by atoms with Crippen LogP contribution >= 0.6 is 0 Å². The SMILES string of the molecule is CCCCO.O=C([O-])C(=O)[O-].[Ag]. The van der Waals surface area contributed by atoms with Crippen LogP contribution in [0.2, 0.25) is 0 Å². The van der Waals surface area contributed by atoms with Crippen molar-refractivity contribution in [3.8, 4) is 0 Å². The van der Waals surface area contributed by atoms with Gasteiger partial charge in [0, 0.05) is 29.0 Å². The molecule has 0 bridgehead atoms. The summed E-state index contributed by atoms with van der Waals surface area (Å²) in [5.41, 5.74) is 0. The van der Waals surface area contributed by atoms with Crippen molar-refractivity contribution in [2.45, 2.75) is 19.8 Å². The molecule has 0 aliphatic rings. The number of carbonyl (C=O) groups excluding carboxylic acids is 2. The molecule has 0 saturated carbocycles. The Kier molecular flexibility index (Phi) is 19.5. The van der Waals surface area contributed by atoms with Gasteiger partial charge in [-0.15, -0.1) is 0 Å². The number of aliphatic hydroxyl groups excluding tert-OH is 1. The molecule has 0 spiro atoms. The Labute approximate surface area is 85.9 Å². The maximum absolute atomic E-state index is 8.93. The summed E-state index contributed by atoms with van der Waals surface area (Å²) in [5.74, 6) is -4.37. The second-order valence-electron chi connectivity index (χ2n) is 1.65. The predicted molar refractivity (Wildman–Crippen MR) is 32.0 cm³/mol. The number of hydrogen-bond acceptors (Lipinski definition) is 5. The van der Waals surface area contributed by atoms with Crippen molar-refractivity contribution in [3.05, 3.63) is 0 Å². The van der Waals surface area contributed by atoms with Crippen LogP contribution in [0.1, 0.15) is 19.8 Å². The molecular formula is C6H10AgO5-2. The zero-order valence-corrected chi connectivity index (χ0v) is 7.99. The number of hydrogen-bond donors (Lipinski definition) is 1. The van der Waals surface area contributed by atoms with Crippen LogP contribution in [0.4, 0.5) is 0 Å². The third-order valence-electron chi connectivity index (χ3n) is 0.678. The molecule has 12 heavy (non-hydrogen) atoms. The molecule has 0 saturated heterocycles. The third kappa shape index (κ3) is 22.6. The van der Waals surface area contributed by atoms with E-state index in [2.05, 4.69) is 6.92 Å². The summed E-state index contributed by atoms with van der Waals surface area (Å²) in [7, 11) is 0. The molecule has 0 fully saturated rings. The predicted octanol–water partition coefficient (Wildman–Crippen LogP) is -2.74. The van der Waals surface area contributed by atoms with Crippen molar-refractivity contribution in [2.24, 2.45) is 0 Å². The van der Waals surface area contributed by atoms with Crippen LogP contribution in [0.15, 0.2) is 0 Å². The van der Waals surface area contributed by atoms with Crippen molar-refractivity contribution >= 4 is 11.9 Å². The van der Waals surface area contributed by atoms with Gasteiger partial charge in [0.25, 0.3) is 0 Å². The Balaban J connectivity index is -0.000000126. The monoisotopic (exact) mass is 269 g/mol. The van der Waals surface area contributed by atoms with E-state index in [9.17, 15) is 0 Å². The first-order valence-corrected chi connectivity index (χ1v) is 3.09. The number of carbonyl (C=O) groups is 2. The first-order chi connectivity index (χ1) is 5.06. The van der Waals surface area contributed by atoms with Gasteiger partial charge in [0.1, 0.15) is 0 Å². The molecule has 0 aliphatic heterocycles. The quantitative estimate of drug-likeness (QED) is 0.433. The van der Waals surface area contributed by atoms with Gasteiger partial charge < -0.3 is 24.9 Å². The molecule has 1 N–H and O–H groups in total. The molecule has 0 aromatic heterocycles. The summed E-state index contributed by atoms with van der Waals surface area (Å²) in [6.07, 6.45) is 2.04. The molecule has 0 heterocycles. The molecule has 0 atom stereocenters. The fourth-order valence-corrected chi connectivity index (χ4v) is 0.158. The number of aliphatic carboxylic acids is 2. The van der Waals surface area contributed by atoms with Crippen LogP contribution in [0.25, 0.3) is 0 Å². The minimum absolute atomic E-state index is 0. The minimum atomic E-state index is -2.19. The summed E-state index contributed by atoms with van der Waals surface area (Å²) in [6, 6.07) is 0. The van der Waals surface area contributed by atoms with Crippen LogP contribution in [0.5, 0.6) is 0 Å². The van der Waals surface area contributed by atoms with E-state index in [0.29, 0.717) is 6.61 Å². The first kappa shape index (κ1) is 17.7. The number of carboxylic acids is 2. The molecule has 0 aliphatic carbocycles. The molecule has 0 aromatic rings. The maximum atomic E-state index is 8.93. The molecule has 6 heteroatoms. The topological polar surface area (TPSA) is 100 Å². The van der Waals surface area contributed by atoms with E-state index in [4.69, 9.17) is 24.9 Å². The van der Waals surface area contributed by atoms with E-state index in [-0.39, 0.29) is 22.4 Å². The number of aliphatic hydroxyl groups is 1. The molecule has 77 valence electrons. The Morgan fingerprint density at radius 1 is 1.25 bits per heavy atom. The third-order valence-corrected chi connectivity index (χ3v) is 0.678. The summed E-state index contributed by atoms with van der Waals surface area (Å²) in [5, 5.41) is 25.9. The van der Waals surface area contributed by atoms with E-state index in [1.807, 2.05) is 0 Å². The van der Waals surface area contributed by atoms with Crippen LogP contribution in [-0.4, -0.2) is 23.7 Å². The summed E-state index contributed by atoms with van der Waals surface area (Å²) < 4.78 is 0. The van der Waals surface area contributed by atoms with E-state index in [0.717, 1.165) is 12.8 Å². The molecule has 1 radical (unpaired) electrons. The van der Waals surface area contributed by atoms with Crippen molar-refractivity contribution in [3.63, 3.8) is 0 Å². The van der Waals surface area contributed by atoms with Gasteiger partial charge in [-0.1, -0.05) is 13.3 Å². The molecule has 0 unspecified atom stereocenters. The van der Waals surface area contributed by atoms with E-state index >= 15 is 0 Å². The largest absolute Gasteiger partial charge is 0.543 e. The zero-order chi connectivity index (χ0) is 9.28. The molecule has 5 nitrogen and oxygen atoms in total. The van der Waals surface area contributed by atoms with Gasteiger partial charge in [0.05, 0.1) is 11.9 Å². The Bertz CT molecular complexity index is 111. The van der Waals surface area contributed by atoms with Gasteiger partial charge in [-0.2, -0.15) is 0 Å². The van der Waals surface area contributed by atoms with E-state index < -0.39 is 11.9 Å². The Morgan fingerprint density at radius 2 is 1.58 bits per heavy atom. The second-order valence-corrected chi connectivity index (χ2v) is 1.65. The average Bonchev–Trinajstić information content (AvgIpc) is 1.90. The molecule has 0 amide bonds. The van der Waals surface area contributed by atoms with Crippen molar-refractivity contribution < 1.29 is 47.3 Å². The van der Waals surface area contributed by atoms with Crippen molar-refractivity contribution in [2.75, 3.05) is 6.61 Å². The van der Waals surface area contributed by atoms with Gasteiger partial charge in [0.15, 0.2) is 0 Å². The van der Waals surface area contributed by atoms with Gasteiger partial charge in [-0.25, -0.2) is 0 Å². The number of rotatable bonds is 2. The van der Waals surface area contributed by atoms with Gasteiger partial charge in [0.2, 0.25) is 0 Å². The standard InChI is InChI=1S/C4H10O.C2H2O4.Ag/c1-2-3-4-5;3-1(4)2(5)6;/h5H,2-4H2,1H3;(H,3,4)(H,5,6);/p-2. The van der Waals surface area contributed by atoms with Crippen LogP contribution < -0.4 is 10.2 Å². The molecule has 0 rings (SSSR count). The van der Waals surface area contributed by atoms with Crippen LogP contribution in [0, 0.1) is 0 Å². The average molecular weight is 270 g/mol. The minimum Gasteiger partial charge on any atom is -0.543 e. The Hall–Kier alpha value is -0.360. The zero-order valence-electron chi connectivity index (χ0n) is 6.50. The fraction of sp³-hybridized carbons (Fsp3) is 0.667. The van der Waals surface area contributed by atoms with Crippen LogP contribution in [-0.2, 0) is 32.0 Å². The summed E-state index contributed by atoms with van der Waals surface area (Å²) >= 11 is 0. The van der Waals surface area contributed by atoms with E-state index in [1.54, 1.807) is 0 Å². The number of carboxylic acid groups (broad SMARTS) is 2. The van der Waals surface area contributed by atoms with Gasteiger partial charge in [-0.05, 0) is 6.42 Å². The van der Waals surface area contributed by atoms with E-state index in [1.165, 1.54) is 0 Å². The van der Waals surface area contributed by atoms with Gasteiger partial charge >= 0.3 is 0 Å². The second kappa shape index (κ2) is 13.2. The summed E-state index contributed by atoms with van der Waals surface area (Å²) in [4.78, 5) is 17.9. The molecular weight excluding hydrogens is 260 g/mol. The smallest absolute Gasteiger partial charge is 0.0870 e. The molecule has 0 aromatic carbocycles. The van der Waals surface area contributed by atoms with Gasteiger partial charge in [-0.3, -0.25) is 0 Å². The van der Waals surface area contributed by atoms with Crippen molar-refractivity contribution in [1.29, 1.82) is 0 Å². The normalized spacial score (nSPS) is 7.17. The first-order valence-electron chi connectivity index (χ1n) is 3.09. The fourth-order valence-electron chi connectivity index (χ4n) is 0.158. The summed E-state index contributed by atoms with van der Waals surface area (Å²) in [6.45, 7) is 2.40. The number of unbranched alkanes of at least 4 members (excludes halogenated alkanes) is 1.